The van der Waals surface area contributed by atoms with E-state index >= 15 is 0 Å². The number of pyridine rings is 2. The molecule has 2 amide bonds. The van der Waals surface area contributed by atoms with Crippen LogP contribution in [0.2, 0.25) is 0 Å². The van der Waals surface area contributed by atoms with Gasteiger partial charge >= 0.3 is 12.3 Å². The number of carbonyl (C=O) groups is 2. The summed E-state index contributed by atoms with van der Waals surface area (Å²) in [5, 5.41) is 6.03. The molecule has 4 aromatic heterocycles. The number of alkyl halides is 5. The van der Waals surface area contributed by atoms with Crippen LogP contribution in [-0.4, -0.2) is 108 Å². The van der Waals surface area contributed by atoms with Crippen molar-refractivity contribution in [2.45, 2.75) is 57.0 Å². The van der Waals surface area contributed by atoms with Gasteiger partial charge in [0.2, 0.25) is 5.91 Å². The quantitative estimate of drug-likeness (QED) is 0.134. The molecule has 0 spiro atoms. The molecule has 2 aliphatic rings. The molecule has 2 aliphatic heterocycles. The fraction of sp³-hybridized carbons (Fsp3) is 0.351. The number of fused-ring (bicyclic) bond motifs is 2. The van der Waals surface area contributed by atoms with Crippen LogP contribution in [0.1, 0.15) is 26.3 Å². The van der Waals surface area contributed by atoms with E-state index in [1.807, 2.05) is 0 Å². The Morgan fingerprint density at radius 1 is 0.768 bits per heavy atom. The van der Waals surface area contributed by atoms with Gasteiger partial charge in [0.25, 0.3) is 0 Å². The Labute approximate surface area is 325 Å². The lowest BCUT2D eigenvalue weighted by molar-refractivity contribution is -0.137. The van der Waals surface area contributed by atoms with Gasteiger partial charge in [0, 0.05) is 55.8 Å². The number of nitrogens with one attached hydrogen (secondary N) is 2. The molecule has 2 N–H and O–H groups in total. The Morgan fingerprint density at radius 3 is 1.82 bits per heavy atom. The van der Waals surface area contributed by atoms with Gasteiger partial charge in [-0.25, -0.2) is 33.5 Å². The van der Waals surface area contributed by atoms with E-state index in [4.69, 9.17) is 4.74 Å². The number of ether oxygens (including phenoxy) is 1. The van der Waals surface area contributed by atoms with Crippen LogP contribution in [0.15, 0.2) is 78.6 Å². The number of amides is 2. The molecule has 2 saturated heterocycles. The minimum Gasteiger partial charge on any atom is -0.444 e. The summed E-state index contributed by atoms with van der Waals surface area (Å²) in [5.74, 6) is 0.353. The zero-order chi connectivity index (χ0) is 40.4. The largest absolute Gasteiger partial charge is 0.444 e. The predicted octanol–water partition coefficient (Wildman–Crippen LogP) is 7.01. The first-order valence-corrected chi connectivity index (χ1v) is 18.0. The van der Waals surface area contributed by atoms with Gasteiger partial charge in [-0.2, -0.15) is 13.2 Å². The summed E-state index contributed by atoms with van der Waals surface area (Å²) in [7, 11) is 0. The predicted molar refractivity (Wildman–Crippen MR) is 202 cm³/mol. The van der Waals surface area contributed by atoms with E-state index in [9.17, 15) is 31.5 Å². The third-order valence-corrected chi connectivity index (χ3v) is 9.34. The highest BCUT2D eigenvalue weighted by Gasteiger charge is 2.38. The van der Waals surface area contributed by atoms with E-state index < -0.39 is 47.9 Å². The first kappa shape index (κ1) is 40.1. The van der Waals surface area contributed by atoms with Crippen molar-refractivity contribution in [1.82, 2.24) is 39.7 Å². The van der Waals surface area contributed by atoms with E-state index in [1.165, 1.54) is 40.5 Å². The Balaban J connectivity index is 0.000000194. The fourth-order valence-corrected chi connectivity index (χ4v) is 6.48. The highest BCUT2D eigenvalue weighted by atomic mass is 79.9. The van der Waals surface area contributed by atoms with Gasteiger partial charge in [0.1, 0.15) is 40.0 Å². The maximum atomic E-state index is 14.5. The van der Waals surface area contributed by atoms with Crippen LogP contribution in [-0.2, 0) is 15.7 Å². The van der Waals surface area contributed by atoms with Gasteiger partial charge in [-0.1, -0.05) is 18.7 Å². The number of benzene rings is 1. The number of nitrogens with zero attached hydrogens (tertiary/aromatic N) is 8. The van der Waals surface area contributed by atoms with E-state index in [1.54, 1.807) is 39.4 Å². The molecule has 0 radical (unpaired) electrons. The second-order valence-corrected chi connectivity index (χ2v) is 14.8. The molecular formula is C37H36BrF5N10O3. The molecule has 2 fully saturated rings. The smallest absolute Gasteiger partial charge is 0.416 e. The molecule has 294 valence electrons. The van der Waals surface area contributed by atoms with E-state index in [0.717, 1.165) is 18.2 Å². The van der Waals surface area contributed by atoms with Crippen LogP contribution in [0.5, 0.6) is 0 Å². The third kappa shape index (κ3) is 9.09. The van der Waals surface area contributed by atoms with Crippen LogP contribution in [0, 0.1) is 0 Å². The van der Waals surface area contributed by atoms with Gasteiger partial charge in [0.15, 0.2) is 11.6 Å². The molecule has 1 aromatic carbocycles. The number of hydrogen-bond donors (Lipinski definition) is 2. The number of carbonyl (C=O) groups excluding carboxylic acids is 2. The van der Waals surface area contributed by atoms with Crippen molar-refractivity contribution in [2.75, 3.05) is 36.8 Å². The molecule has 5 aromatic rings. The lowest BCUT2D eigenvalue weighted by Crippen LogP contribution is -2.36. The summed E-state index contributed by atoms with van der Waals surface area (Å²) in [6.07, 6.45) is 2.71. The van der Waals surface area contributed by atoms with Gasteiger partial charge in [-0.3, -0.25) is 14.8 Å². The van der Waals surface area contributed by atoms with Crippen LogP contribution < -0.4 is 10.6 Å². The Bertz CT molecular complexity index is 2240. The van der Waals surface area contributed by atoms with Gasteiger partial charge in [-0.15, -0.1) is 0 Å². The second-order valence-electron chi connectivity index (χ2n) is 13.9. The average Bonchev–Trinajstić information content (AvgIpc) is 3.73. The molecule has 0 aliphatic carbocycles. The maximum absolute atomic E-state index is 14.5. The van der Waals surface area contributed by atoms with Crippen LogP contribution in [0.25, 0.3) is 33.2 Å². The maximum Gasteiger partial charge on any atom is 0.416 e. The topological polar surface area (TPSA) is 151 Å². The van der Waals surface area contributed by atoms with Crippen molar-refractivity contribution in [3.8, 4) is 11.1 Å². The summed E-state index contributed by atoms with van der Waals surface area (Å²) in [6.45, 7) is 8.99. The van der Waals surface area contributed by atoms with Gasteiger partial charge in [0.05, 0.1) is 35.2 Å². The van der Waals surface area contributed by atoms with E-state index in [2.05, 4.69) is 63.0 Å². The average molecular weight is 844 g/mol. The first-order chi connectivity index (χ1) is 26.5. The molecule has 6 heterocycles. The Hall–Kier alpha value is -5.59. The number of hydrogen-bond acceptors (Lipinski definition) is 11. The molecular weight excluding hydrogens is 807 g/mol. The zero-order valence-electron chi connectivity index (χ0n) is 30.3. The normalized spacial score (nSPS) is 19.7. The number of halogens is 6. The van der Waals surface area contributed by atoms with Crippen LogP contribution in [0.3, 0.4) is 0 Å². The number of anilines is 2. The molecule has 13 nitrogen and oxygen atoms in total. The van der Waals surface area contributed by atoms with Crippen molar-refractivity contribution < 1.29 is 36.3 Å². The van der Waals surface area contributed by atoms with E-state index in [0.29, 0.717) is 43.5 Å². The molecule has 56 heavy (non-hydrogen) atoms. The molecule has 19 heteroatoms. The minimum atomic E-state index is -4.43. The van der Waals surface area contributed by atoms with Crippen molar-refractivity contribution in [2.24, 2.45) is 0 Å². The van der Waals surface area contributed by atoms with Gasteiger partial charge in [-0.05, 0) is 60.5 Å². The SMILES string of the molecule is C=CC(=O)N1C[C@H](F)[C@H](Nc2ncc(-c3ccc(C(F)(F)F)cc3)c3nccnc23)C1.CC(C)(C)OC(=O)N1C[C@H](F)[C@H](Nc2ncc(Br)c3nccnc23)C1. The number of rotatable bonds is 6. The van der Waals surface area contributed by atoms with Gasteiger partial charge < -0.3 is 25.2 Å². The summed E-state index contributed by atoms with van der Waals surface area (Å²) >= 11 is 3.38. The number of likely N-dealkylation sites (tertiary alicyclic amines) is 2. The number of aromatic nitrogens is 6. The van der Waals surface area contributed by atoms with Crippen LogP contribution in [0.4, 0.5) is 38.4 Å². The van der Waals surface area contributed by atoms with Crippen molar-refractivity contribution in [3.05, 3.63) is 84.1 Å². The summed E-state index contributed by atoms with van der Waals surface area (Å²) in [6, 6.07) is 3.37. The molecule has 0 saturated carbocycles. The van der Waals surface area contributed by atoms with Crippen molar-refractivity contribution in [3.63, 3.8) is 0 Å². The fourth-order valence-electron chi connectivity index (χ4n) is 6.09. The summed E-state index contributed by atoms with van der Waals surface area (Å²) in [5.41, 5.74) is 1.54. The standard InChI is InChI=1S/C21H17F4N5O.C16H19BrFN5O2/c1-2-17(31)30-10-15(22)16(11-30)29-20-19-18(26-7-8-27-19)14(9-28-20)12-3-5-13(6-4-12)21(23,24)25;1-16(2,3)25-15(24)23-7-10(18)11(8-23)22-14-13-12(9(17)6-21-14)19-4-5-20-13/h2-9,15-16H,1,10-11H2,(H,28,29);4-6,10-11H,7-8H2,1-3H3,(H,21,22)/t15-,16+;10-,11+/m00/s1. The lowest BCUT2D eigenvalue weighted by Gasteiger charge is -2.24. The second kappa shape index (κ2) is 16.3. The molecule has 7 rings (SSSR count). The monoisotopic (exact) mass is 842 g/mol. The summed E-state index contributed by atoms with van der Waals surface area (Å²) in [4.78, 5) is 52.3. The zero-order valence-corrected chi connectivity index (χ0v) is 31.9. The first-order valence-electron chi connectivity index (χ1n) is 17.3. The highest BCUT2D eigenvalue weighted by molar-refractivity contribution is 9.10. The Kier molecular flexibility index (Phi) is 11.6. The highest BCUT2D eigenvalue weighted by Crippen LogP contribution is 2.34. The van der Waals surface area contributed by atoms with Crippen molar-refractivity contribution >= 4 is 61.6 Å². The molecule has 0 unspecified atom stereocenters. The molecule has 0 bridgehead atoms. The van der Waals surface area contributed by atoms with Crippen LogP contribution >= 0.6 is 15.9 Å². The lowest BCUT2D eigenvalue weighted by atomic mass is 10.0. The summed E-state index contributed by atoms with van der Waals surface area (Å²) < 4.78 is 73.4. The van der Waals surface area contributed by atoms with E-state index in [-0.39, 0.29) is 37.9 Å². The third-order valence-electron chi connectivity index (χ3n) is 8.76. The Morgan fingerprint density at radius 2 is 1.27 bits per heavy atom. The van der Waals surface area contributed by atoms with Crippen molar-refractivity contribution in [1.29, 1.82) is 0 Å². The molecule has 4 atom stereocenters. The minimum absolute atomic E-state index is 0.0211.